The molecule has 2 heterocycles. The number of carbonyl (C=O) groups excluding carboxylic acids is 1. The fraction of sp³-hybridized carbons (Fsp3) is 0.174. The molecule has 5 nitrogen and oxygen atoms in total. The Labute approximate surface area is 187 Å². The van der Waals surface area contributed by atoms with Crippen LogP contribution in [0.1, 0.15) is 29.7 Å². The number of nitrogens with one attached hydrogen (secondary N) is 1. The van der Waals surface area contributed by atoms with Crippen LogP contribution in [0.4, 0.5) is 10.1 Å². The first-order valence-electron chi connectivity index (χ1n) is 9.96. The van der Waals surface area contributed by atoms with Crippen LogP contribution in [0.15, 0.2) is 77.3 Å². The van der Waals surface area contributed by atoms with Gasteiger partial charge in [0.1, 0.15) is 11.1 Å². The highest BCUT2D eigenvalue weighted by atomic mass is 32.2. The quantitative estimate of drug-likeness (QED) is 0.353. The van der Waals surface area contributed by atoms with Crippen molar-refractivity contribution in [3.63, 3.8) is 0 Å². The Hall–Kier alpha value is -2.97. The molecule has 0 aliphatic heterocycles. The highest BCUT2D eigenvalue weighted by Crippen LogP contribution is 2.44. The average Bonchev–Trinajstić information content (AvgIpc) is 3.31. The van der Waals surface area contributed by atoms with Gasteiger partial charge in [0.05, 0.1) is 4.88 Å². The molecule has 1 aliphatic carbocycles. The first kappa shape index (κ1) is 20.0. The number of aromatic nitrogens is 3. The molecule has 1 atom stereocenters. The van der Waals surface area contributed by atoms with Gasteiger partial charge in [-0.05, 0) is 54.1 Å². The van der Waals surface area contributed by atoms with Gasteiger partial charge in [-0.3, -0.25) is 9.36 Å². The summed E-state index contributed by atoms with van der Waals surface area (Å²) in [6.45, 7) is 0. The Morgan fingerprint density at radius 1 is 1.06 bits per heavy atom. The third-order valence-corrected chi connectivity index (χ3v) is 7.07. The molecular formula is C23H19FN4OS2. The van der Waals surface area contributed by atoms with E-state index in [1.54, 1.807) is 23.5 Å². The zero-order valence-corrected chi connectivity index (χ0v) is 18.1. The minimum atomic E-state index is -0.524. The number of halogens is 1. The molecular weight excluding hydrogens is 431 g/mol. The predicted octanol–water partition coefficient (Wildman–Crippen LogP) is 5.95. The average molecular weight is 451 g/mol. The van der Waals surface area contributed by atoms with Gasteiger partial charge >= 0.3 is 0 Å². The van der Waals surface area contributed by atoms with Gasteiger partial charge in [-0.1, -0.05) is 48.2 Å². The van der Waals surface area contributed by atoms with Crippen LogP contribution in [0, 0.1) is 5.82 Å². The molecule has 1 fully saturated rings. The fourth-order valence-electron chi connectivity index (χ4n) is 3.34. The van der Waals surface area contributed by atoms with Crippen LogP contribution in [0.5, 0.6) is 0 Å². The number of thioether (sulfide) groups is 1. The van der Waals surface area contributed by atoms with Crippen LogP contribution in [-0.2, 0) is 4.79 Å². The molecule has 0 bridgehead atoms. The maximum Gasteiger partial charge on any atom is 0.242 e. The van der Waals surface area contributed by atoms with E-state index in [1.807, 2.05) is 47.8 Å². The second-order valence-electron chi connectivity index (χ2n) is 7.29. The lowest BCUT2D eigenvalue weighted by atomic mass is 10.1. The van der Waals surface area contributed by atoms with Crippen LogP contribution in [0.3, 0.4) is 0 Å². The number of amides is 1. The first-order valence-corrected chi connectivity index (χ1v) is 11.7. The molecule has 31 heavy (non-hydrogen) atoms. The minimum Gasteiger partial charge on any atom is -0.325 e. The lowest BCUT2D eigenvalue weighted by molar-refractivity contribution is -0.115. The number of hydrogen-bond acceptors (Lipinski definition) is 5. The Kier molecular flexibility index (Phi) is 5.57. The van der Waals surface area contributed by atoms with Crippen molar-refractivity contribution in [2.45, 2.75) is 29.3 Å². The fourth-order valence-corrected chi connectivity index (χ4v) is 5.15. The highest BCUT2D eigenvalue weighted by Gasteiger charge is 2.33. The molecule has 1 saturated carbocycles. The summed E-state index contributed by atoms with van der Waals surface area (Å²) < 4.78 is 15.4. The smallest absolute Gasteiger partial charge is 0.242 e. The van der Waals surface area contributed by atoms with Crippen molar-refractivity contribution in [1.82, 2.24) is 14.8 Å². The van der Waals surface area contributed by atoms with Gasteiger partial charge in [0.2, 0.25) is 5.91 Å². The van der Waals surface area contributed by atoms with Crippen molar-refractivity contribution in [2.24, 2.45) is 0 Å². The second kappa shape index (κ2) is 8.64. The van der Waals surface area contributed by atoms with Gasteiger partial charge in [0, 0.05) is 11.7 Å². The van der Waals surface area contributed by atoms with Crippen molar-refractivity contribution in [3.8, 4) is 10.7 Å². The molecule has 2 aromatic carbocycles. The van der Waals surface area contributed by atoms with Crippen LogP contribution < -0.4 is 5.32 Å². The SMILES string of the molecule is O=C(Nc1ccc(F)cc1)[C@@H](Sc1nnc(-c2cccs2)n1C1CC1)c1ccccc1. The molecule has 0 spiro atoms. The number of hydrogen-bond donors (Lipinski definition) is 1. The number of thiophene rings is 1. The number of rotatable bonds is 7. The van der Waals surface area contributed by atoms with Crippen molar-refractivity contribution in [3.05, 3.63) is 83.5 Å². The maximum atomic E-state index is 13.3. The van der Waals surface area contributed by atoms with Crippen LogP contribution in [0.2, 0.25) is 0 Å². The third kappa shape index (κ3) is 4.40. The molecule has 0 radical (unpaired) electrons. The maximum absolute atomic E-state index is 13.3. The second-order valence-corrected chi connectivity index (χ2v) is 9.31. The van der Waals surface area contributed by atoms with Crippen molar-refractivity contribution in [1.29, 1.82) is 0 Å². The lowest BCUT2D eigenvalue weighted by Gasteiger charge is -2.17. The third-order valence-electron chi connectivity index (χ3n) is 4.99. The summed E-state index contributed by atoms with van der Waals surface area (Å²) in [5, 5.41) is 14.0. The topological polar surface area (TPSA) is 59.8 Å². The van der Waals surface area contributed by atoms with Crippen molar-refractivity contribution >= 4 is 34.7 Å². The molecule has 2 aromatic heterocycles. The van der Waals surface area contributed by atoms with E-state index in [9.17, 15) is 9.18 Å². The first-order chi connectivity index (χ1) is 15.2. The van der Waals surface area contributed by atoms with Gasteiger partial charge in [0.15, 0.2) is 11.0 Å². The standard InChI is InChI=1S/C23H19FN4OS2/c24-16-8-10-17(11-9-16)25-22(29)20(15-5-2-1-3-6-15)31-23-27-26-21(19-7-4-14-30-19)28(23)18-12-13-18/h1-11,14,18,20H,12-13H2,(H,25,29)/t20-/m0/s1. The summed E-state index contributed by atoms with van der Waals surface area (Å²) in [7, 11) is 0. The molecule has 0 unspecified atom stereocenters. The van der Waals surface area contributed by atoms with Gasteiger partial charge in [-0.2, -0.15) is 0 Å². The van der Waals surface area contributed by atoms with E-state index in [0.29, 0.717) is 11.7 Å². The van der Waals surface area contributed by atoms with Gasteiger partial charge < -0.3 is 5.32 Å². The monoisotopic (exact) mass is 450 g/mol. The Morgan fingerprint density at radius 2 is 1.84 bits per heavy atom. The van der Waals surface area contributed by atoms with E-state index < -0.39 is 5.25 Å². The predicted molar refractivity (Wildman–Crippen MR) is 122 cm³/mol. The number of anilines is 1. The number of carbonyl (C=O) groups is 1. The molecule has 1 aliphatic rings. The van der Waals surface area contributed by atoms with Crippen molar-refractivity contribution in [2.75, 3.05) is 5.32 Å². The summed E-state index contributed by atoms with van der Waals surface area (Å²) in [6.07, 6.45) is 2.17. The number of nitrogens with zero attached hydrogens (tertiary/aromatic N) is 3. The normalized spacial score (nSPS) is 14.4. The summed E-state index contributed by atoms with van der Waals surface area (Å²) in [4.78, 5) is 14.3. The van der Waals surface area contributed by atoms with E-state index in [0.717, 1.165) is 34.3 Å². The summed E-state index contributed by atoms with van der Waals surface area (Å²) >= 11 is 3.02. The molecule has 5 rings (SSSR count). The Morgan fingerprint density at radius 3 is 2.52 bits per heavy atom. The van der Waals surface area contributed by atoms with E-state index in [1.165, 1.54) is 23.9 Å². The molecule has 0 saturated heterocycles. The van der Waals surface area contributed by atoms with Gasteiger partial charge in [-0.25, -0.2) is 4.39 Å². The summed E-state index contributed by atoms with van der Waals surface area (Å²) in [6, 6.07) is 19.8. The van der Waals surface area contributed by atoms with E-state index in [4.69, 9.17) is 0 Å². The molecule has 4 aromatic rings. The van der Waals surface area contributed by atoms with E-state index >= 15 is 0 Å². The van der Waals surface area contributed by atoms with Crippen LogP contribution >= 0.6 is 23.1 Å². The highest BCUT2D eigenvalue weighted by molar-refractivity contribution is 8.00. The van der Waals surface area contributed by atoms with Crippen LogP contribution in [-0.4, -0.2) is 20.7 Å². The van der Waals surface area contributed by atoms with Crippen molar-refractivity contribution < 1.29 is 9.18 Å². The zero-order chi connectivity index (χ0) is 21.2. The molecule has 1 N–H and O–H groups in total. The van der Waals surface area contributed by atoms with Crippen LogP contribution in [0.25, 0.3) is 10.7 Å². The Bertz CT molecular complexity index is 1170. The van der Waals surface area contributed by atoms with Gasteiger partial charge in [-0.15, -0.1) is 21.5 Å². The van der Waals surface area contributed by atoms with E-state index in [2.05, 4.69) is 20.1 Å². The summed E-state index contributed by atoms with van der Waals surface area (Å²) in [5.74, 6) is 0.321. The summed E-state index contributed by atoms with van der Waals surface area (Å²) in [5.41, 5.74) is 1.42. The zero-order valence-electron chi connectivity index (χ0n) is 16.4. The molecule has 1 amide bonds. The largest absolute Gasteiger partial charge is 0.325 e. The molecule has 156 valence electrons. The lowest BCUT2D eigenvalue weighted by Crippen LogP contribution is -2.19. The molecule has 8 heteroatoms. The van der Waals surface area contributed by atoms with E-state index in [-0.39, 0.29) is 11.7 Å². The number of benzene rings is 2. The van der Waals surface area contributed by atoms with Gasteiger partial charge in [0.25, 0.3) is 0 Å². The minimum absolute atomic E-state index is 0.189. The Balaban J connectivity index is 1.47.